The summed E-state index contributed by atoms with van der Waals surface area (Å²) in [6.45, 7) is 0. The lowest BCUT2D eigenvalue weighted by Gasteiger charge is -2.06. The summed E-state index contributed by atoms with van der Waals surface area (Å²) in [4.78, 5) is 0. The molecule has 0 aliphatic heterocycles. The monoisotopic (exact) mass is 243 g/mol. The molecule has 80 valence electrons. The molecule has 1 rings (SSSR count). The molecule has 0 saturated heterocycles. The van der Waals surface area contributed by atoms with Crippen LogP contribution in [0.25, 0.3) is 0 Å². The van der Waals surface area contributed by atoms with E-state index in [1.165, 1.54) is 0 Å². The van der Waals surface area contributed by atoms with Crippen LogP contribution in [0.1, 0.15) is 5.56 Å². The van der Waals surface area contributed by atoms with E-state index in [0.717, 1.165) is 0 Å². The van der Waals surface area contributed by atoms with Gasteiger partial charge in [-0.3, -0.25) is 4.72 Å². The summed E-state index contributed by atoms with van der Waals surface area (Å²) in [6.07, 6.45) is 5.19. The van der Waals surface area contributed by atoms with Gasteiger partial charge in [0.1, 0.15) is 0 Å². The number of terminal acetylenes is 1. The first-order chi connectivity index (χ1) is 7.07. The van der Waals surface area contributed by atoms with Gasteiger partial charge in [0.05, 0.1) is 5.75 Å². The summed E-state index contributed by atoms with van der Waals surface area (Å²) >= 11 is 5.36. The Morgan fingerprint density at radius 3 is 2.80 bits per heavy atom. The van der Waals surface area contributed by atoms with Crippen molar-refractivity contribution in [3.8, 4) is 12.3 Å². The molecular weight excluding hydrogens is 234 g/mol. The van der Waals surface area contributed by atoms with Gasteiger partial charge in [0.25, 0.3) is 0 Å². The van der Waals surface area contributed by atoms with Crippen molar-refractivity contribution in [2.24, 2.45) is 0 Å². The number of alkyl halides is 1. The minimum Gasteiger partial charge on any atom is -0.283 e. The highest BCUT2D eigenvalue weighted by atomic mass is 35.5. The van der Waals surface area contributed by atoms with Crippen molar-refractivity contribution in [1.82, 2.24) is 0 Å². The van der Waals surface area contributed by atoms with Crippen LogP contribution in [0, 0.1) is 12.3 Å². The summed E-state index contributed by atoms with van der Waals surface area (Å²) in [7, 11) is -3.36. The van der Waals surface area contributed by atoms with Gasteiger partial charge in [-0.2, -0.15) is 0 Å². The smallest absolute Gasteiger partial charge is 0.233 e. The predicted molar refractivity (Wildman–Crippen MR) is 62.5 cm³/mol. The molecule has 0 heterocycles. The van der Waals surface area contributed by atoms with Crippen LogP contribution in [-0.2, 0) is 10.0 Å². The lowest BCUT2D eigenvalue weighted by Crippen LogP contribution is -2.17. The molecule has 1 aromatic rings. The third kappa shape index (κ3) is 3.82. The molecule has 1 aromatic carbocycles. The molecule has 0 spiro atoms. The molecule has 0 atom stereocenters. The Morgan fingerprint density at radius 2 is 2.20 bits per heavy atom. The van der Waals surface area contributed by atoms with E-state index in [1.807, 2.05) is 0 Å². The van der Waals surface area contributed by atoms with Gasteiger partial charge < -0.3 is 0 Å². The van der Waals surface area contributed by atoms with Gasteiger partial charge in [-0.15, -0.1) is 18.0 Å². The van der Waals surface area contributed by atoms with Crippen LogP contribution in [0.3, 0.4) is 0 Å². The maximum atomic E-state index is 11.4. The Hall–Kier alpha value is -1.18. The fraction of sp³-hybridized carbons (Fsp3) is 0.200. The molecule has 5 heteroatoms. The number of anilines is 1. The highest BCUT2D eigenvalue weighted by Crippen LogP contribution is 2.11. The second kappa shape index (κ2) is 5.06. The van der Waals surface area contributed by atoms with Crippen LogP contribution >= 0.6 is 11.6 Å². The van der Waals surface area contributed by atoms with E-state index in [0.29, 0.717) is 11.3 Å². The highest BCUT2D eigenvalue weighted by Gasteiger charge is 2.08. The van der Waals surface area contributed by atoms with Crippen LogP contribution < -0.4 is 4.72 Å². The average molecular weight is 244 g/mol. The Bertz CT molecular complexity index is 476. The van der Waals surface area contributed by atoms with E-state index in [1.54, 1.807) is 24.3 Å². The Balaban J connectivity index is 2.86. The Labute approximate surface area is 94.5 Å². The maximum absolute atomic E-state index is 11.4. The number of nitrogens with one attached hydrogen (secondary N) is 1. The quantitative estimate of drug-likeness (QED) is 0.646. The van der Waals surface area contributed by atoms with Crippen LogP contribution in [0.4, 0.5) is 5.69 Å². The first-order valence-electron chi connectivity index (χ1n) is 4.20. The van der Waals surface area contributed by atoms with Gasteiger partial charge in [0.2, 0.25) is 10.0 Å². The topological polar surface area (TPSA) is 46.2 Å². The van der Waals surface area contributed by atoms with Crippen molar-refractivity contribution < 1.29 is 8.42 Å². The van der Waals surface area contributed by atoms with Crippen LogP contribution in [0.5, 0.6) is 0 Å². The average Bonchev–Trinajstić information content (AvgIpc) is 2.17. The number of hydrogen-bond donors (Lipinski definition) is 1. The van der Waals surface area contributed by atoms with E-state index < -0.39 is 10.0 Å². The molecule has 0 fully saturated rings. The van der Waals surface area contributed by atoms with E-state index >= 15 is 0 Å². The summed E-state index contributed by atoms with van der Waals surface area (Å²) in [5.41, 5.74) is 1.08. The van der Waals surface area contributed by atoms with Crippen molar-refractivity contribution in [3.05, 3.63) is 29.8 Å². The zero-order valence-electron chi connectivity index (χ0n) is 7.90. The molecule has 0 bridgehead atoms. The minimum absolute atomic E-state index is 0.0597. The summed E-state index contributed by atoms with van der Waals surface area (Å²) < 4.78 is 25.1. The fourth-order valence-electron chi connectivity index (χ4n) is 1.00. The molecular formula is C10H10ClNO2S. The normalized spacial score (nSPS) is 10.7. The molecule has 0 aromatic heterocycles. The Morgan fingerprint density at radius 1 is 1.47 bits per heavy atom. The van der Waals surface area contributed by atoms with E-state index in [-0.39, 0.29) is 11.6 Å². The maximum Gasteiger partial charge on any atom is 0.233 e. The van der Waals surface area contributed by atoms with Crippen molar-refractivity contribution in [2.75, 3.05) is 16.4 Å². The summed E-state index contributed by atoms with van der Waals surface area (Å²) in [5, 5.41) is 0. The zero-order chi connectivity index (χ0) is 11.3. The fourth-order valence-corrected chi connectivity index (χ4v) is 2.41. The van der Waals surface area contributed by atoms with Crippen molar-refractivity contribution >= 4 is 27.3 Å². The predicted octanol–water partition coefficient (Wildman–Crippen LogP) is 1.65. The number of rotatable bonds is 4. The van der Waals surface area contributed by atoms with Gasteiger partial charge in [-0.25, -0.2) is 8.42 Å². The molecule has 15 heavy (non-hydrogen) atoms. The van der Waals surface area contributed by atoms with Gasteiger partial charge in [-0.1, -0.05) is 12.0 Å². The largest absolute Gasteiger partial charge is 0.283 e. The number of sulfonamides is 1. The third-order valence-corrected chi connectivity index (χ3v) is 3.35. The number of halogens is 1. The summed E-state index contributed by atoms with van der Waals surface area (Å²) in [5.74, 6) is 2.37. The SMILES string of the molecule is C#Cc1cccc(NS(=O)(=O)CCCl)c1. The van der Waals surface area contributed by atoms with E-state index in [2.05, 4.69) is 10.6 Å². The van der Waals surface area contributed by atoms with Crippen LogP contribution in [0.2, 0.25) is 0 Å². The van der Waals surface area contributed by atoms with Gasteiger partial charge in [-0.05, 0) is 18.2 Å². The van der Waals surface area contributed by atoms with Crippen LogP contribution in [-0.4, -0.2) is 20.1 Å². The molecule has 0 aliphatic rings. The van der Waals surface area contributed by atoms with Crippen molar-refractivity contribution in [3.63, 3.8) is 0 Å². The van der Waals surface area contributed by atoms with Crippen molar-refractivity contribution in [1.29, 1.82) is 0 Å². The molecule has 0 aliphatic carbocycles. The molecule has 0 unspecified atom stereocenters. The van der Waals surface area contributed by atoms with Gasteiger partial charge >= 0.3 is 0 Å². The lowest BCUT2D eigenvalue weighted by molar-refractivity contribution is 0.602. The third-order valence-electron chi connectivity index (χ3n) is 1.65. The van der Waals surface area contributed by atoms with Gasteiger partial charge in [0, 0.05) is 17.1 Å². The van der Waals surface area contributed by atoms with E-state index in [4.69, 9.17) is 18.0 Å². The molecule has 0 radical (unpaired) electrons. The van der Waals surface area contributed by atoms with Gasteiger partial charge in [0.15, 0.2) is 0 Å². The molecule has 0 saturated carbocycles. The summed E-state index contributed by atoms with van der Waals surface area (Å²) in [6, 6.07) is 6.63. The minimum atomic E-state index is -3.36. The number of benzene rings is 1. The second-order valence-electron chi connectivity index (χ2n) is 2.84. The zero-order valence-corrected chi connectivity index (χ0v) is 9.48. The first-order valence-corrected chi connectivity index (χ1v) is 6.39. The molecule has 0 amide bonds. The lowest BCUT2D eigenvalue weighted by atomic mass is 10.2. The number of hydrogen-bond acceptors (Lipinski definition) is 2. The molecule has 1 N–H and O–H groups in total. The second-order valence-corrected chi connectivity index (χ2v) is 5.05. The standard InChI is InChI=1S/C10H10ClNO2S/c1-2-9-4-3-5-10(8-9)12-15(13,14)7-6-11/h1,3-5,8,12H,6-7H2. The van der Waals surface area contributed by atoms with Crippen LogP contribution in [0.15, 0.2) is 24.3 Å². The van der Waals surface area contributed by atoms with Crippen molar-refractivity contribution in [2.45, 2.75) is 0 Å². The van der Waals surface area contributed by atoms with E-state index in [9.17, 15) is 8.42 Å². The highest BCUT2D eigenvalue weighted by molar-refractivity contribution is 7.92. The Kier molecular flexibility index (Phi) is 4.01. The first kappa shape index (κ1) is 11.9. The molecule has 3 nitrogen and oxygen atoms in total.